The smallest absolute Gasteiger partial charge is 0.278 e. The second-order valence-electron chi connectivity index (χ2n) is 4.44. The van der Waals surface area contributed by atoms with Gasteiger partial charge in [0.1, 0.15) is 11.0 Å². The number of aromatic nitrogens is 3. The van der Waals surface area contributed by atoms with Crippen LogP contribution in [0, 0.1) is 0 Å². The van der Waals surface area contributed by atoms with Gasteiger partial charge in [0.15, 0.2) is 5.16 Å². The van der Waals surface area contributed by atoms with Gasteiger partial charge in [0.25, 0.3) is 5.56 Å². The minimum Gasteiger partial charge on any atom is -0.355 e. The number of hydrogen-bond acceptors (Lipinski definition) is 3. The van der Waals surface area contributed by atoms with E-state index < -0.39 is 0 Å². The molecule has 0 bridgehead atoms. The molecule has 4 nitrogen and oxygen atoms in total. The average molecular weight is 285 g/mol. The van der Waals surface area contributed by atoms with Gasteiger partial charge in [-0.1, -0.05) is 42.1 Å². The fraction of sp³-hybridized carbons (Fsp3) is 0.200. The first kappa shape index (κ1) is 13.0. The highest BCUT2D eigenvalue weighted by Gasteiger charge is 2.14. The van der Waals surface area contributed by atoms with Crippen molar-refractivity contribution in [2.45, 2.75) is 18.6 Å². The Labute approximate surface area is 120 Å². The van der Waals surface area contributed by atoms with Crippen LogP contribution in [0.4, 0.5) is 0 Å². The number of thioether (sulfide) groups is 1. The predicted molar refractivity (Wildman–Crippen MR) is 83.2 cm³/mol. The van der Waals surface area contributed by atoms with Gasteiger partial charge < -0.3 is 4.98 Å². The number of benzene rings is 1. The van der Waals surface area contributed by atoms with E-state index in [2.05, 4.69) is 9.97 Å². The topological polar surface area (TPSA) is 50.7 Å². The van der Waals surface area contributed by atoms with Gasteiger partial charge in [0, 0.05) is 18.3 Å². The van der Waals surface area contributed by atoms with E-state index in [0.717, 1.165) is 21.8 Å². The highest BCUT2D eigenvalue weighted by molar-refractivity contribution is 7.98. The second-order valence-corrected chi connectivity index (χ2v) is 5.21. The van der Waals surface area contributed by atoms with Crippen LogP contribution in [0.15, 0.2) is 46.5 Å². The summed E-state index contributed by atoms with van der Waals surface area (Å²) < 4.78 is 1.69. The summed E-state index contributed by atoms with van der Waals surface area (Å²) >= 11 is 1.49. The monoisotopic (exact) mass is 285 g/mol. The highest BCUT2D eigenvalue weighted by Crippen LogP contribution is 2.26. The zero-order valence-corrected chi connectivity index (χ0v) is 12.2. The number of nitrogens with zero attached hydrogens (tertiary/aromatic N) is 2. The van der Waals surface area contributed by atoms with Crippen LogP contribution in [0.5, 0.6) is 0 Å². The number of nitrogens with one attached hydrogen (secondary N) is 1. The van der Waals surface area contributed by atoms with Crippen molar-refractivity contribution in [2.24, 2.45) is 0 Å². The summed E-state index contributed by atoms with van der Waals surface area (Å²) in [6.07, 6.45) is 3.80. The fourth-order valence-corrected chi connectivity index (χ4v) is 2.96. The highest BCUT2D eigenvalue weighted by atomic mass is 32.2. The van der Waals surface area contributed by atoms with Crippen molar-refractivity contribution >= 4 is 22.8 Å². The molecule has 2 aromatic heterocycles. The molecule has 1 aromatic carbocycles. The summed E-state index contributed by atoms with van der Waals surface area (Å²) in [6.45, 7) is 2.58. The third-order valence-electron chi connectivity index (χ3n) is 3.33. The lowest BCUT2D eigenvalue weighted by atomic mass is 10.1. The number of H-pyrrole nitrogens is 1. The maximum Gasteiger partial charge on any atom is 0.278 e. The lowest BCUT2D eigenvalue weighted by molar-refractivity contribution is 0.634. The van der Waals surface area contributed by atoms with Gasteiger partial charge in [-0.3, -0.25) is 9.36 Å². The lowest BCUT2D eigenvalue weighted by Gasteiger charge is -2.08. The lowest BCUT2D eigenvalue weighted by Crippen LogP contribution is -2.22. The molecule has 102 valence electrons. The first-order valence-electron chi connectivity index (χ1n) is 6.47. The molecule has 0 saturated carbocycles. The summed E-state index contributed by atoms with van der Waals surface area (Å²) in [7, 11) is 0. The molecule has 0 aliphatic rings. The van der Waals surface area contributed by atoms with E-state index in [9.17, 15) is 4.79 Å². The third-order valence-corrected chi connectivity index (χ3v) is 4.01. The summed E-state index contributed by atoms with van der Waals surface area (Å²) in [5, 5.41) is 0.752. The minimum atomic E-state index is -0.0102. The van der Waals surface area contributed by atoms with Gasteiger partial charge in [0.05, 0.1) is 0 Å². The molecule has 1 N–H and O–H groups in total. The Morgan fingerprint density at radius 1 is 1.30 bits per heavy atom. The van der Waals surface area contributed by atoms with Gasteiger partial charge >= 0.3 is 0 Å². The molecule has 3 rings (SSSR count). The van der Waals surface area contributed by atoms with Crippen molar-refractivity contribution in [1.29, 1.82) is 0 Å². The molecule has 0 unspecified atom stereocenters. The minimum absolute atomic E-state index is 0.0102. The standard InChI is InChI=1S/C15H15N3OS/c1-3-18-14(19)13-12(17-15(18)20-2)11(9-16-13)10-7-5-4-6-8-10/h4-9,16H,3H2,1-2H3. The summed E-state index contributed by atoms with van der Waals surface area (Å²) in [4.78, 5) is 20.2. The third kappa shape index (κ3) is 1.94. The molecule has 20 heavy (non-hydrogen) atoms. The van der Waals surface area contributed by atoms with Crippen molar-refractivity contribution in [3.8, 4) is 11.1 Å². The van der Waals surface area contributed by atoms with Gasteiger partial charge in [0.2, 0.25) is 0 Å². The van der Waals surface area contributed by atoms with Crippen LogP contribution in [0.2, 0.25) is 0 Å². The SMILES string of the molecule is CCn1c(SC)nc2c(-c3ccccc3)c[nH]c2c1=O. The van der Waals surface area contributed by atoms with Gasteiger partial charge in [-0.15, -0.1) is 0 Å². The average Bonchev–Trinajstić information content (AvgIpc) is 2.92. The number of fused-ring (bicyclic) bond motifs is 1. The Morgan fingerprint density at radius 2 is 2.05 bits per heavy atom. The zero-order valence-electron chi connectivity index (χ0n) is 11.4. The van der Waals surface area contributed by atoms with Crippen LogP contribution in [-0.4, -0.2) is 20.8 Å². The molecular weight excluding hydrogens is 270 g/mol. The van der Waals surface area contributed by atoms with E-state index in [0.29, 0.717) is 12.1 Å². The molecule has 0 amide bonds. The summed E-state index contributed by atoms with van der Waals surface area (Å²) in [5.74, 6) is 0. The molecule has 5 heteroatoms. The molecule has 0 atom stereocenters. The zero-order chi connectivity index (χ0) is 14.1. The molecule has 0 aliphatic heterocycles. The molecule has 2 heterocycles. The molecule has 0 saturated heterocycles. The molecule has 0 fully saturated rings. The largest absolute Gasteiger partial charge is 0.355 e. The fourth-order valence-electron chi connectivity index (χ4n) is 2.35. The molecule has 0 spiro atoms. The molecule has 3 aromatic rings. The van der Waals surface area contributed by atoms with Crippen LogP contribution in [-0.2, 0) is 6.54 Å². The Hall–Kier alpha value is -2.01. The maximum absolute atomic E-state index is 12.5. The quantitative estimate of drug-likeness (QED) is 0.594. The van der Waals surface area contributed by atoms with Crippen LogP contribution in [0.1, 0.15) is 6.92 Å². The van der Waals surface area contributed by atoms with Gasteiger partial charge in [-0.25, -0.2) is 4.98 Å². The first-order chi connectivity index (χ1) is 9.76. The maximum atomic E-state index is 12.5. The van der Waals surface area contributed by atoms with Crippen molar-refractivity contribution in [3.05, 3.63) is 46.9 Å². The van der Waals surface area contributed by atoms with Crippen molar-refractivity contribution < 1.29 is 0 Å². The second kappa shape index (κ2) is 5.17. The van der Waals surface area contributed by atoms with Crippen LogP contribution < -0.4 is 5.56 Å². The van der Waals surface area contributed by atoms with E-state index in [4.69, 9.17) is 0 Å². The Kier molecular flexibility index (Phi) is 3.36. The Bertz CT molecular complexity index is 805. The molecule has 0 aliphatic carbocycles. The number of rotatable bonds is 3. The van der Waals surface area contributed by atoms with Crippen LogP contribution >= 0.6 is 11.8 Å². The van der Waals surface area contributed by atoms with Crippen LogP contribution in [0.25, 0.3) is 22.2 Å². The van der Waals surface area contributed by atoms with E-state index in [1.54, 1.807) is 4.57 Å². The van der Waals surface area contributed by atoms with E-state index in [-0.39, 0.29) is 5.56 Å². The number of aromatic amines is 1. The van der Waals surface area contributed by atoms with E-state index >= 15 is 0 Å². The summed E-state index contributed by atoms with van der Waals surface area (Å²) in [6, 6.07) is 9.99. The van der Waals surface area contributed by atoms with Crippen molar-refractivity contribution in [2.75, 3.05) is 6.26 Å². The Balaban J connectivity index is 2.33. The van der Waals surface area contributed by atoms with E-state index in [1.165, 1.54) is 11.8 Å². The molecule has 0 radical (unpaired) electrons. The van der Waals surface area contributed by atoms with Crippen LogP contribution in [0.3, 0.4) is 0 Å². The number of hydrogen-bond donors (Lipinski definition) is 1. The Morgan fingerprint density at radius 3 is 2.70 bits per heavy atom. The molecular formula is C15H15N3OS. The van der Waals surface area contributed by atoms with Gasteiger partial charge in [-0.2, -0.15) is 0 Å². The predicted octanol–water partition coefficient (Wildman–Crippen LogP) is 3.13. The first-order valence-corrected chi connectivity index (χ1v) is 7.70. The van der Waals surface area contributed by atoms with Crippen molar-refractivity contribution in [3.63, 3.8) is 0 Å². The van der Waals surface area contributed by atoms with E-state index in [1.807, 2.05) is 49.7 Å². The van der Waals surface area contributed by atoms with Crippen molar-refractivity contribution in [1.82, 2.24) is 14.5 Å². The normalized spacial score (nSPS) is 11.1. The summed E-state index contributed by atoms with van der Waals surface area (Å²) in [5.41, 5.74) is 3.34. The van der Waals surface area contributed by atoms with Gasteiger partial charge in [-0.05, 0) is 18.7 Å².